The first-order valence-corrected chi connectivity index (χ1v) is 42.0. The van der Waals surface area contributed by atoms with Crippen molar-refractivity contribution in [2.75, 3.05) is 20.3 Å². The second-order valence-electron chi connectivity index (χ2n) is 33.8. The highest BCUT2D eigenvalue weighted by Crippen LogP contribution is 2.51. The van der Waals surface area contributed by atoms with Crippen LogP contribution in [0.25, 0.3) is 11.1 Å². The van der Waals surface area contributed by atoms with Gasteiger partial charge in [0.1, 0.15) is 88.6 Å². The number of aromatic hydroxyl groups is 3. The van der Waals surface area contributed by atoms with Gasteiger partial charge in [-0.2, -0.15) is 0 Å². The number of aliphatic hydroxyl groups excluding tert-OH is 6. The number of unbranched alkanes of at least 4 members (excludes halogenated alkanes) is 2. The van der Waals surface area contributed by atoms with Gasteiger partial charge in [0, 0.05) is 52.7 Å². The largest absolute Gasteiger partial charge is 0.508 e. The van der Waals surface area contributed by atoms with E-state index in [0.717, 1.165) is 73.4 Å². The maximum atomic E-state index is 16.7. The number of aliphatic carboxylic acids is 1. The third-order valence-corrected chi connectivity index (χ3v) is 24.4. The molecule has 0 aliphatic carbocycles. The zero-order valence-corrected chi connectivity index (χ0v) is 71.6. The maximum absolute atomic E-state index is 16.7. The lowest BCUT2D eigenvalue weighted by Gasteiger charge is -2.48. The highest BCUT2D eigenvalue weighted by atomic mass is 35.5. The molecular weight excluding hydrogens is 1670 g/mol. The van der Waals surface area contributed by atoms with Crippen molar-refractivity contribution >= 4 is 70.5 Å². The summed E-state index contributed by atoms with van der Waals surface area (Å²) in [5.41, 5.74) is 5.85. The lowest BCUT2D eigenvalue weighted by atomic mass is 9.73. The molecule has 8 aliphatic rings. The molecule has 0 unspecified atom stereocenters. The average molecular weight is 1780 g/mol. The van der Waals surface area contributed by atoms with Gasteiger partial charge in [0.15, 0.2) is 29.9 Å². The number of halogens is 2. The number of phenolic OH excluding ortho intramolecular Hbond substituents is 3. The van der Waals surface area contributed by atoms with Crippen LogP contribution in [0.3, 0.4) is 0 Å². The molecular formula is C87H108Cl2N10O26. The van der Waals surface area contributed by atoms with E-state index in [1.807, 2.05) is 38.1 Å². The molecule has 8 aliphatic heterocycles. The van der Waals surface area contributed by atoms with E-state index in [-0.39, 0.29) is 76.4 Å². The molecule has 3 fully saturated rings. The summed E-state index contributed by atoms with van der Waals surface area (Å²) in [6.45, 7) is 13.1. The minimum Gasteiger partial charge on any atom is -0.508 e. The van der Waals surface area contributed by atoms with Crippen LogP contribution in [0.2, 0.25) is 10.0 Å². The van der Waals surface area contributed by atoms with Gasteiger partial charge in [-0.25, -0.2) is 4.79 Å². The van der Waals surface area contributed by atoms with Crippen molar-refractivity contribution in [1.82, 2.24) is 42.5 Å². The third-order valence-electron chi connectivity index (χ3n) is 23.8. The molecule has 0 spiro atoms. The summed E-state index contributed by atoms with van der Waals surface area (Å²) < 4.78 is 52.5. The second-order valence-corrected chi connectivity index (χ2v) is 34.6. The molecule has 6 aromatic rings. The number of nitrogens with two attached hydrogens (primary N) is 2. The van der Waals surface area contributed by atoms with Crippen LogP contribution in [0.15, 0.2) is 103 Å². The number of carbonyl (C=O) groups excluding carboxylic acids is 7. The van der Waals surface area contributed by atoms with E-state index in [1.165, 1.54) is 44.3 Å². The van der Waals surface area contributed by atoms with Gasteiger partial charge in [0.05, 0.1) is 66.2 Å². The average Bonchev–Trinajstić information content (AvgIpc) is 0.761. The number of carboxylic acid groups (broad SMARTS) is 1. The quantitative estimate of drug-likeness (QED) is 0.0390. The van der Waals surface area contributed by atoms with Crippen LogP contribution in [0.5, 0.6) is 51.7 Å². The van der Waals surface area contributed by atoms with Gasteiger partial charge in [-0.3, -0.25) is 33.6 Å². The number of fused-ring (bicyclic) bond motifs is 15. The van der Waals surface area contributed by atoms with Crippen molar-refractivity contribution < 1.29 is 127 Å². The number of likely N-dealkylation sites (N-methyl/N-ethyl adjacent to an activating group) is 1. The Balaban J connectivity index is 1.09. The molecule has 11 bridgehead atoms. The number of rotatable bonds is 23. The lowest BCUT2D eigenvalue weighted by molar-refractivity contribution is -0.334. The number of hydrogen-bond donors (Lipinski definition) is 20. The first-order chi connectivity index (χ1) is 59.1. The van der Waals surface area contributed by atoms with Crippen molar-refractivity contribution in [3.63, 3.8) is 0 Å². The molecule has 125 heavy (non-hydrogen) atoms. The Morgan fingerprint density at radius 3 is 1.96 bits per heavy atom. The Morgan fingerprint density at radius 2 is 1.34 bits per heavy atom. The number of carboxylic acids is 1. The summed E-state index contributed by atoms with van der Waals surface area (Å²) in [5, 5.41) is 138. The van der Waals surface area contributed by atoms with E-state index in [1.54, 1.807) is 27.7 Å². The fourth-order valence-corrected chi connectivity index (χ4v) is 17.3. The molecule has 6 aromatic carbocycles. The highest BCUT2D eigenvalue weighted by Gasteiger charge is 2.54. The Morgan fingerprint density at radius 1 is 0.696 bits per heavy atom. The third kappa shape index (κ3) is 20.7. The topological polar surface area (TPSA) is 561 Å². The molecule has 22 atom stereocenters. The molecule has 8 heterocycles. The molecule has 36 nitrogen and oxygen atoms in total. The van der Waals surface area contributed by atoms with Crippen LogP contribution in [0, 0.1) is 5.92 Å². The van der Waals surface area contributed by atoms with Gasteiger partial charge in [-0.1, -0.05) is 87.1 Å². The molecule has 7 amide bonds. The van der Waals surface area contributed by atoms with E-state index in [4.69, 9.17) is 72.6 Å². The normalized spacial score (nSPS) is 30.3. The van der Waals surface area contributed by atoms with E-state index < -0.39 is 250 Å². The van der Waals surface area contributed by atoms with Crippen LogP contribution in [-0.2, 0) is 63.8 Å². The maximum Gasteiger partial charge on any atom is 0.330 e. The zero-order valence-electron chi connectivity index (χ0n) is 70.1. The van der Waals surface area contributed by atoms with Crippen LogP contribution in [-0.4, -0.2) is 221 Å². The van der Waals surface area contributed by atoms with Gasteiger partial charge in [0.25, 0.3) is 0 Å². The van der Waals surface area contributed by atoms with E-state index in [9.17, 15) is 65.4 Å². The number of phenols is 3. The number of ether oxygens (including phenoxy) is 8. The zero-order chi connectivity index (χ0) is 90.7. The van der Waals surface area contributed by atoms with Crippen molar-refractivity contribution in [3.8, 4) is 62.9 Å². The van der Waals surface area contributed by atoms with Gasteiger partial charge in [-0.05, 0) is 168 Å². The van der Waals surface area contributed by atoms with Crippen molar-refractivity contribution in [1.29, 1.82) is 0 Å². The molecule has 0 saturated carbocycles. The van der Waals surface area contributed by atoms with Crippen LogP contribution in [0.1, 0.15) is 170 Å². The SMILES string of the molecule is CCCCCOc1ccc(CN[C@@]2(C)C[C@@H](O[C@H]3[C@H](Oc4c5cc6cc4Oc4ccc(cc4Cl)[C@@H](C[C@H]4C[C@](C)(N)[C@@H](O)[C@H](C)O4)[C@]4(C)NC(=O)[C@H](NC(=O)[C@@H]6NC(=O)[C@H](CC(N)=O)NC(=O)[C@H](NC(=O)[C@@H](CC(C)C)NC)[C@H](O)c6ccc(c(Cl)c6)O5)c5ccc(O)c(c5)-c5c(O)cc(O)cc5[C@@H](C(=O)O)NC4=O)O[C@H](CO)[C@@H](O)[C@@H]3O)O[C@@H](C)[C@@H]2O)cc1. The van der Waals surface area contributed by atoms with E-state index >= 15 is 24.0 Å². The molecule has 14 rings (SSSR count). The van der Waals surface area contributed by atoms with Crippen LogP contribution >= 0.6 is 23.2 Å². The Bertz CT molecular complexity index is 5010. The van der Waals surface area contributed by atoms with Crippen molar-refractivity contribution in [3.05, 3.63) is 147 Å². The summed E-state index contributed by atoms with van der Waals surface area (Å²) in [4.78, 5) is 122. The predicted octanol–water partition coefficient (Wildman–Crippen LogP) is 4.59. The van der Waals surface area contributed by atoms with Gasteiger partial charge < -0.3 is 143 Å². The molecule has 676 valence electrons. The number of hydrogen-bond acceptors (Lipinski definition) is 28. The summed E-state index contributed by atoms with van der Waals surface area (Å²) in [6, 6.07) is 9.96. The minimum atomic E-state index is -2.57. The van der Waals surface area contributed by atoms with Gasteiger partial charge in [-0.15, -0.1) is 0 Å². The summed E-state index contributed by atoms with van der Waals surface area (Å²) in [5.74, 6) is -16.5. The number of carbonyl (C=O) groups is 8. The Labute approximate surface area is 729 Å². The lowest BCUT2D eigenvalue weighted by Crippen LogP contribution is -2.65. The number of aliphatic hydroxyl groups is 6. The molecule has 0 radical (unpaired) electrons. The number of primary amides is 1. The first-order valence-electron chi connectivity index (χ1n) is 41.2. The van der Waals surface area contributed by atoms with E-state index in [2.05, 4.69) is 49.5 Å². The van der Waals surface area contributed by atoms with E-state index in [0.29, 0.717) is 12.4 Å². The molecule has 22 N–H and O–H groups in total. The molecule has 38 heteroatoms. The summed E-state index contributed by atoms with van der Waals surface area (Å²) in [7, 11) is 1.48. The molecule has 3 saturated heterocycles. The smallest absolute Gasteiger partial charge is 0.330 e. The fraction of sp³-hybridized carbons (Fsp3) is 0.494. The monoisotopic (exact) mass is 1780 g/mol. The minimum absolute atomic E-state index is 0.0529. The van der Waals surface area contributed by atoms with Crippen molar-refractivity contribution in [2.24, 2.45) is 17.4 Å². The number of amides is 7. The van der Waals surface area contributed by atoms with Gasteiger partial charge in [0.2, 0.25) is 53.4 Å². The first kappa shape index (κ1) is 93.9. The number of nitrogens with one attached hydrogen (secondary N) is 8. The fourth-order valence-electron chi connectivity index (χ4n) is 16.9. The Hall–Kier alpha value is -10.3. The van der Waals surface area contributed by atoms with Gasteiger partial charge >= 0.3 is 5.97 Å². The summed E-state index contributed by atoms with van der Waals surface area (Å²) in [6.07, 6.45) is -17.4. The predicted molar refractivity (Wildman–Crippen MR) is 448 cm³/mol. The summed E-state index contributed by atoms with van der Waals surface area (Å²) >= 11 is 14.8. The Kier molecular flexibility index (Phi) is 29.2. The van der Waals surface area contributed by atoms with Crippen molar-refractivity contribution in [2.45, 2.75) is 246 Å². The second kappa shape index (κ2) is 38.9. The molecule has 0 aromatic heterocycles. The van der Waals surface area contributed by atoms with Crippen LogP contribution < -0.4 is 72.9 Å². The van der Waals surface area contributed by atoms with Crippen LogP contribution in [0.4, 0.5) is 0 Å². The standard InChI is InChI=1S/C87H108Cl2N10O26/c1-10-11-12-23-118-47-18-13-41(14-19-47)36-93-86(7)35-64(120-40(5)76(86)109)124-74-72(107)71(106)62(37-100)123-83(74)125-73-60-28-45-29-61(73)122-59-22-17-44(27-53(59)89)70(105)69(97-77(110)54(92-9)24-38(2)3)80(113)94-55(33-63(90)104)78(111)95-67(45)79(112)96-66-43-15-20-56(102)49(25-43)65-50(30-46(101)31-57(65)103)68(82(115)116)98-84(117)87(8,99-81(66)114)51(42-16-21-58(121-60)52(88)26-42)32-48-34-85(6,91)75(108)39(4)119-48/h13-22,25-31,38-40,48,51,54-55,62,64,66-72,74-76,83,92-93,100-103,105-109H,10-12,23-24,32-37,91H2,1-9H3,(H2,90,104)(H,94,113)(H,95,111)(H,96,112)(H,97,110)(H,98,117)(H,99,114)(H,115,116)/t39-,40-,48-,51+,54+,55-,62+,64+,66+,67+,68-,69+,70+,71+,72-,74+,75-,76-,83-,85-,86-,87-/m0/s1. The highest BCUT2D eigenvalue weighted by molar-refractivity contribution is 6.32. The number of benzene rings is 6.